The Kier molecular flexibility index (Phi) is 7.61. The molecule has 2 aromatic heterocycles. The molecule has 14 nitrogen and oxygen atoms in total. The van der Waals surface area contributed by atoms with E-state index in [-0.39, 0.29) is 18.4 Å². The van der Waals surface area contributed by atoms with Gasteiger partial charge in [-0.1, -0.05) is 18.2 Å². The van der Waals surface area contributed by atoms with Crippen molar-refractivity contribution < 1.29 is 37.9 Å². The number of nitrogens with two attached hydrogens (primary N) is 1. The van der Waals surface area contributed by atoms with E-state index in [4.69, 9.17) is 33.7 Å². The normalized spacial score (nSPS) is 26.2. The molecule has 15 heteroatoms. The highest BCUT2D eigenvalue weighted by Crippen LogP contribution is 2.50. The van der Waals surface area contributed by atoms with Gasteiger partial charge in [-0.25, -0.2) is 10.1 Å². The van der Waals surface area contributed by atoms with E-state index >= 15 is 0 Å². The lowest BCUT2D eigenvalue weighted by Crippen LogP contribution is -2.56. The van der Waals surface area contributed by atoms with Crippen molar-refractivity contribution in [2.24, 2.45) is 0 Å². The number of nitrogens with one attached hydrogen (secondary N) is 1. The average Bonchev–Trinajstić information content (AvgIpc) is 3.44. The molecule has 0 aliphatic carbocycles. The number of hydrogen-bond acceptors (Lipinski definition) is 13. The SMILES string of the molecule is COC(=O)C(C)NP(OCC1OC(n2cnc3c(OC)nc(N)nc32)C2(CCO2)C1O)Oc1ccccc1. The first-order valence-corrected chi connectivity index (χ1v) is 13.1. The molecular formula is C23H29N6O8P. The number of carbonyl (C=O) groups excluding carboxylic acids is 1. The molecule has 204 valence electrons. The summed E-state index contributed by atoms with van der Waals surface area (Å²) >= 11 is 0. The number of fused-ring (bicyclic) bond motifs is 1. The second kappa shape index (κ2) is 10.9. The summed E-state index contributed by atoms with van der Waals surface area (Å²) in [6.07, 6.45) is -0.535. The molecule has 6 atom stereocenters. The van der Waals surface area contributed by atoms with Crippen LogP contribution in [0.2, 0.25) is 0 Å². The summed E-state index contributed by atoms with van der Waals surface area (Å²) in [5, 5.41) is 14.3. The van der Waals surface area contributed by atoms with Crippen LogP contribution in [0, 0.1) is 0 Å². The number of benzene rings is 1. The van der Waals surface area contributed by atoms with E-state index in [0.29, 0.717) is 29.9 Å². The van der Waals surface area contributed by atoms with Gasteiger partial charge in [0.25, 0.3) is 0 Å². The lowest BCUT2D eigenvalue weighted by molar-refractivity contribution is -0.225. The van der Waals surface area contributed by atoms with Gasteiger partial charge in [0.1, 0.15) is 29.6 Å². The van der Waals surface area contributed by atoms with Gasteiger partial charge in [-0.2, -0.15) is 9.97 Å². The first kappa shape index (κ1) is 26.5. The van der Waals surface area contributed by atoms with Crippen LogP contribution in [0.15, 0.2) is 36.7 Å². The first-order chi connectivity index (χ1) is 18.4. The Labute approximate surface area is 219 Å². The molecule has 1 aromatic carbocycles. The van der Waals surface area contributed by atoms with Crippen LogP contribution in [0.1, 0.15) is 19.6 Å². The van der Waals surface area contributed by atoms with E-state index in [9.17, 15) is 9.90 Å². The second-order valence-electron chi connectivity index (χ2n) is 8.77. The van der Waals surface area contributed by atoms with Gasteiger partial charge >= 0.3 is 14.5 Å². The molecule has 4 heterocycles. The monoisotopic (exact) mass is 548 g/mol. The zero-order chi connectivity index (χ0) is 26.9. The van der Waals surface area contributed by atoms with E-state index in [0.717, 1.165) is 0 Å². The van der Waals surface area contributed by atoms with Crippen LogP contribution < -0.4 is 20.1 Å². The van der Waals surface area contributed by atoms with Gasteiger partial charge < -0.3 is 38.8 Å². The van der Waals surface area contributed by atoms with Crippen molar-refractivity contribution in [3.8, 4) is 11.6 Å². The Balaban J connectivity index is 1.36. The van der Waals surface area contributed by atoms with E-state index in [1.54, 1.807) is 23.6 Å². The number of hydrogen-bond donors (Lipinski definition) is 3. The number of imidazole rings is 1. The van der Waals surface area contributed by atoms with Crippen molar-refractivity contribution >= 4 is 31.6 Å². The van der Waals surface area contributed by atoms with Crippen LogP contribution in [-0.4, -0.2) is 81.9 Å². The van der Waals surface area contributed by atoms with Gasteiger partial charge in [-0.15, -0.1) is 0 Å². The minimum absolute atomic E-state index is 0.00705. The Hall–Kier alpha value is -3.13. The van der Waals surface area contributed by atoms with Crippen molar-refractivity contribution in [3.05, 3.63) is 36.7 Å². The number of ether oxygens (including phenoxy) is 4. The Morgan fingerprint density at radius 1 is 1.34 bits per heavy atom. The molecule has 0 amide bonds. The highest BCUT2D eigenvalue weighted by atomic mass is 31.2. The summed E-state index contributed by atoms with van der Waals surface area (Å²) in [5.41, 5.74) is 5.62. The molecule has 2 aliphatic heterocycles. The van der Waals surface area contributed by atoms with Gasteiger partial charge in [0.2, 0.25) is 11.8 Å². The first-order valence-electron chi connectivity index (χ1n) is 11.9. The summed E-state index contributed by atoms with van der Waals surface area (Å²) in [7, 11) is 0.944. The Morgan fingerprint density at radius 2 is 2.11 bits per heavy atom. The summed E-state index contributed by atoms with van der Waals surface area (Å²) < 4.78 is 35.9. The summed E-state index contributed by atoms with van der Waals surface area (Å²) in [5.74, 6) is 0.305. The van der Waals surface area contributed by atoms with Gasteiger partial charge in [-0.05, 0) is 19.1 Å². The Morgan fingerprint density at radius 3 is 2.76 bits per heavy atom. The van der Waals surface area contributed by atoms with Crippen LogP contribution in [0.5, 0.6) is 11.6 Å². The van der Waals surface area contributed by atoms with Crippen molar-refractivity contribution in [1.82, 2.24) is 24.6 Å². The maximum atomic E-state index is 12.0. The highest BCUT2D eigenvalue weighted by molar-refractivity contribution is 7.45. The third-order valence-corrected chi connectivity index (χ3v) is 7.79. The van der Waals surface area contributed by atoms with Crippen molar-refractivity contribution in [3.63, 3.8) is 0 Å². The van der Waals surface area contributed by atoms with Gasteiger partial charge in [0.05, 0.1) is 33.8 Å². The summed E-state index contributed by atoms with van der Waals surface area (Å²) in [6, 6.07) is 8.33. The zero-order valence-electron chi connectivity index (χ0n) is 21.0. The number of aromatic nitrogens is 4. The van der Waals surface area contributed by atoms with E-state index < -0.39 is 44.6 Å². The summed E-state index contributed by atoms with van der Waals surface area (Å²) in [6.45, 7) is 2.04. The number of esters is 1. The number of anilines is 1. The number of nitrogen functional groups attached to an aromatic ring is 1. The smallest absolute Gasteiger partial charge is 0.323 e. The van der Waals surface area contributed by atoms with E-state index in [1.807, 2.05) is 18.2 Å². The third kappa shape index (κ3) is 4.86. The molecule has 0 saturated carbocycles. The highest BCUT2D eigenvalue weighted by Gasteiger charge is 2.62. The fourth-order valence-electron chi connectivity index (χ4n) is 4.43. The topological polar surface area (TPSA) is 174 Å². The molecule has 2 aliphatic rings. The van der Waals surface area contributed by atoms with Crippen LogP contribution >= 0.6 is 8.53 Å². The van der Waals surface area contributed by atoms with Crippen LogP contribution in [0.25, 0.3) is 11.2 Å². The zero-order valence-corrected chi connectivity index (χ0v) is 21.9. The molecule has 0 bridgehead atoms. The molecule has 0 radical (unpaired) electrons. The second-order valence-corrected chi connectivity index (χ2v) is 9.98. The van der Waals surface area contributed by atoms with Crippen molar-refractivity contribution in [2.75, 3.05) is 33.2 Å². The maximum Gasteiger partial charge on any atom is 0.323 e. The van der Waals surface area contributed by atoms with Crippen LogP contribution in [-0.2, 0) is 23.5 Å². The molecule has 6 unspecified atom stereocenters. The number of aliphatic hydroxyl groups is 1. The van der Waals surface area contributed by atoms with Crippen LogP contribution in [0.4, 0.5) is 5.95 Å². The quantitative estimate of drug-likeness (QED) is 0.245. The van der Waals surface area contributed by atoms with Crippen molar-refractivity contribution in [1.29, 1.82) is 0 Å². The fourth-order valence-corrected chi connectivity index (χ4v) is 5.63. The molecule has 1 spiro atoms. The van der Waals surface area contributed by atoms with Crippen molar-refractivity contribution in [2.45, 2.75) is 43.4 Å². The molecule has 3 aromatic rings. The lowest BCUT2D eigenvalue weighted by atomic mass is 9.86. The predicted octanol–water partition coefficient (Wildman–Crippen LogP) is 1.31. The molecule has 2 saturated heterocycles. The number of carbonyl (C=O) groups is 1. The maximum absolute atomic E-state index is 12.0. The largest absolute Gasteiger partial charge is 0.479 e. The minimum Gasteiger partial charge on any atom is -0.479 e. The standard InChI is InChI=1S/C23H29N6O8P/c1-13(20(31)33-3)28-38(37-14-7-5-4-6-8-14)35-11-15-17(30)23(9-10-34-23)21(36-15)29-12-25-16-18(29)26-22(24)27-19(16)32-2/h4-8,12-13,15,17,21,28,30H,9-11H2,1-3H3,(H2,24,26,27). The molecular weight excluding hydrogens is 519 g/mol. The Bertz CT molecular complexity index is 1280. The molecule has 2 fully saturated rings. The lowest BCUT2D eigenvalue weighted by Gasteiger charge is -2.44. The van der Waals surface area contributed by atoms with Gasteiger partial charge in [-0.3, -0.25) is 9.36 Å². The number of nitrogens with zero attached hydrogens (tertiary/aromatic N) is 4. The average molecular weight is 548 g/mol. The number of aliphatic hydroxyl groups excluding tert-OH is 1. The molecule has 5 rings (SSSR count). The van der Waals surface area contributed by atoms with Crippen LogP contribution in [0.3, 0.4) is 0 Å². The van der Waals surface area contributed by atoms with E-state index in [2.05, 4.69) is 20.0 Å². The predicted molar refractivity (Wildman–Crippen MR) is 134 cm³/mol. The third-order valence-electron chi connectivity index (χ3n) is 6.43. The molecule has 4 N–H and O–H groups in total. The number of methoxy groups -OCH3 is 2. The minimum atomic E-state index is -1.82. The summed E-state index contributed by atoms with van der Waals surface area (Å²) in [4.78, 5) is 24.7. The number of para-hydroxylation sites is 1. The van der Waals surface area contributed by atoms with Gasteiger partial charge in [0, 0.05) is 6.42 Å². The van der Waals surface area contributed by atoms with Gasteiger partial charge in [0.15, 0.2) is 17.4 Å². The molecule has 38 heavy (non-hydrogen) atoms. The fraction of sp³-hybridized carbons (Fsp3) is 0.478. The van der Waals surface area contributed by atoms with E-state index in [1.165, 1.54) is 20.5 Å². The number of rotatable bonds is 10.